The summed E-state index contributed by atoms with van der Waals surface area (Å²) in [6.45, 7) is 4.11. The molecular formula is C15H14N2O. The smallest absolute Gasteiger partial charge is 0.131 e. The Balaban J connectivity index is 1.99. The highest BCUT2D eigenvalue weighted by Gasteiger charge is 2.06. The van der Waals surface area contributed by atoms with Crippen LogP contribution in [0.5, 0.6) is 11.5 Å². The van der Waals surface area contributed by atoms with Crippen molar-refractivity contribution in [3.8, 4) is 11.5 Å². The van der Waals surface area contributed by atoms with Gasteiger partial charge in [0.1, 0.15) is 11.5 Å². The molecule has 0 radical (unpaired) electrons. The van der Waals surface area contributed by atoms with Crippen molar-refractivity contribution >= 4 is 10.9 Å². The molecule has 90 valence electrons. The number of nitrogens with zero attached hydrogens (tertiary/aromatic N) is 1. The van der Waals surface area contributed by atoms with E-state index in [1.807, 2.05) is 49.5 Å². The van der Waals surface area contributed by atoms with E-state index in [1.54, 1.807) is 0 Å². The predicted octanol–water partition coefficient (Wildman–Crippen LogP) is 3.97. The molecule has 0 aliphatic heterocycles. The van der Waals surface area contributed by atoms with Crippen LogP contribution < -0.4 is 4.74 Å². The number of hydrogen-bond acceptors (Lipinski definition) is 2. The summed E-state index contributed by atoms with van der Waals surface area (Å²) in [6, 6.07) is 12.0. The van der Waals surface area contributed by atoms with Crippen molar-refractivity contribution < 1.29 is 4.74 Å². The lowest BCUT2D eigenvalue weighted by Gasteiger charge is -2.09. The summed E-state index contributed by atoms with van der Waals surface area (Å²) in [5, 5.41) is 8.09. The number of aryl methyl sites for hydroxylation is 2. The van der Waals surface area contributed by atoms with E-state index in [1.165, 1.54) is 5.56 Å². The van der Waals surface area contributed by atoms with E-state index in [0.29, 0.717) is 0 Å². The minimum absolute atomic E-state index is 0.853. The Kier molecular flexibility index (Phi) is 2.52. The summed E-state index contributed by atoms with van der Waals surface area (Å²) in [6.07, 6.45) is 1.83. The first-order chi connectivity index (χ1) is 8.74. The van der Waals surface area contributed by atoms with Crippen LogP contribution in [0.1, 0.15) is 11.1 Å². The highest BCUT2D eigenvalue weighted by atomic mass is 16.5. The van der Waals surface area contributed by atoms with Gasteiger partial charge in [-0.15, -0.1) is 0 Å². The molecule has 1 aromatic heterocycles. The SMILES string of the molecule is Cc1ccc(Oc2ccc3[nH]ncc3c2C)cc1. The largest absolute Gasteiger partial charge is 0.457 e. The average Bonchev–Trinajstić information content (AvgIpc) is 2.84. The third-order valence-electron chi connectivity index (χ3n) is 3.09. The maximum Gasteiger partial charge on any atom is 0.131 e. The third-order valence-corrected chi connectivity index (χ3v) is 3.09. The number of fused-ring (bicyclic) bond motifs is 1. The van der Waals surface area contributed by atoms with Crippen molar-refractivity contribution in [1.29, 1.82) is 0 Å². The van der Waals surface area contributed by atoms with Crippen molar-refractivity contribution in [3.05, 3.63) is 53.7 Å². The normalized spacial score (nSPS) is 10.8. The van der Waals surface area contributed by atoms with Gasteiger partial charge in [-0.3, -0.25) is 5.10 Å². The van der Waals surface area contributed by atoms with Crippen molar-refractivity contribution in [2.24, 2.45) is 0 Å². The van der Waals surface area contributed by atoms with Crippen LogP contribution in [0, 0.1) is 13.8 Å². The number of H-pyrrole nitrogens is 1. The molecule has 0 saturated carbocycles. The Bertz CT molecular complexity index is 683. The van der Waals surface area contributed by atoms with Crippen LogP contribution in [0.25, 0.3) is 10.9 Å². The van der Waals surface area contributed by atoms with Crippen molar-refractivity contribution in [2.75, 3.05) is 0 Å². The van der Waals surface area contributed by atoms with Crippen molar-refractivity contribution in [3.63, 3.8) is 0 Å². The van der Waals surface area contributed by atoms with Gasteiger partial charge in [-0.2, -0.15) is 5.10 Å². The summed E-state index contributed by atoms with van der Waals surface area (Å²) in [5.74, 6) is 1.72. The van der Waals surface area contributed by atoms with E-state index in [0.717, 1.165) is 28.0 Å². The monoisotopic (exact) mass is 238 g/mol. The zero-order chi connectivity index (χ0) is 12.5. The van der Waals surface area contributed by atoms with Crippen molar-refractivity contribution in [2.45, 2.75) is 13.8 Å². The Labute approximate surface area is 105 Å². The highest BCUT2D eigenvalue weighted by Crippen LogP contribution is 2.29. The lowest BCUT2D eigenvalue weighted by atomic mass is 10.1. The molecule has 1 heterocycles. The molecular weight excluding hydrogens is 224 g/mol. The van der Waals surface area contributed by atoms with E-state index in [9.17, 15) is 0 Å². The fraction of sp³-hybridized carbons (Fsp3) is 0.133. The summed E-state index contributed by atoms with van der Waals surface area (Å²) in [4.78, 5) is 0. The van der Waals surface area contributed by atoms with Gasteiger partial charge < -0.3 is 4.74 Å². The summed E-state index contributed by atoms with van der Waals surface area (Å²) in [7, 11) is 0. The second-order valence-corrected chi connectivity index (χ2v) is 4.44. The predicted molar refractivity (Wildman–Crippen MR) is 72.1 cm³/mol. The van der Waals surface area contributed by atoms with Crippen molar-refractivity contribution in [1.82, 2.24) is 10.2 Å². The number of benzene rings is 2. The number of aromatic nitrogens is 2. The van der Waals surface area contributed by atoms with Gasteiger partial charge in [-0.1, -0.05) is 17.7 Å². The van der Waals surface area contributed by atoms with E-state index in [-0.39, 0.29) is 0 Å². The lowest BCUT2D eigenvalue weighted by Crippen LogP contribution is -1.88. The maximum atomic E-state index is 5.90. The van der Waals surface area contributed by atoms with E-state index >= 15 is 0 Å². The molecule has 3 rings (SSSR count). The molecule has 0 unspecified atom stereocenters. The van der Waals surface area contributed by atoms with Gasteiger partial charge in [0.25, 0.3) is 0 Å². The summed E-state index contributed by atoms with van der Waals surface area (Å²) < 4.78 is 5.90. The summed E-state index contributed by atoms with van der Waals surface area (Å²) >= 11 is 0. The van der Waals surface area contributed by atoms with Gasteiger partial charge >= 0.3 is 0 Å². The zero-order valence-corrected chi connectivity index (χ0v) is 10.4. The standard InChI is InChI=1S/C15H14N2O/c1-10-3-5-12(6-4-10)18-15-8-7-14-13(11(15)2)9-16-17-14/h3-9H,1-2H3,(H,16,17). The average molecular weight is 238 g/mol. The van der Waals surface area contributed by atoms with E-state index in [4.69, 9.17) is 4.74 Å². The quantitative estimate of drug-likeness (QED) is 0.733. The van der Waals surface area contributed by atoms with Gasteiger partial charge in [-0.05, 0) is 38.1 Å². The topological polar surface area (TPSA) is 37.9 Å². The molecule has 0 spiro atoms. The minimum Gasteiger partial charge on any atom is -0.457 e. The molecule has 0 fully saturated rings. The molecule has 0 aliphatic carbocycles. The highest BCUT2D eigenvalue weighted by molar-refractivity contribution is 5.83. The van der Waals surface area contributed by atoms with Gasteiger partial charge in [0.05, 0.1) is 11.7 Å². The number of rotatable bonds is 2. The molecule has 3 nitrogen and oxygen atoms in total. The first-order valence-electron chi connectivity index (χ1n) is 5.91. The molecule has 3 aromatic rings. The van der Waals surface area contributed by atoms with E-state index < -0.39 is 0 Å². The van der Waals surface area contributed by atoms with Crippen LogP contribution >= 0.6 is 0 Å². The minimum atomic E-state index is 0.853. The van der Waals surface area contributed by atoms with Crippen LogP contribution in [0.2, 0.25) is 0 Å². The molecule has 0 aliphatic rings. The van der Waals surface area contributed by atoms with Crippen LogP contribution in [-0.4, -0.2) is 10.2 Å². The van der Waals surface area contributed by atoms with Gasteiger partial charge in [-0.25, -0.2) is 0 Å². The summed E-state index contributed by atoms with van der Waals surface area (Å²) in [5.41, 5.74) is 3.36. The zero-order valence-electron chi connectivity index (χ0n) is 10.4. The Morgan fingerprint density at radius 1 is 1.00 bits per heavy atom. The van der Waals surface area contributed by atoms with Crippen LogP contribution in [0.4, 0.5) is 0 Å². The molecule has 2 aromatic carbocycles. The van der Waals surface area contributed by atoms with E-state index in [2.05, 4.69) is 17.1 Å². The molecule has 0 atom stereocenters. The van der Waals surface area contributed by atoms with Crippen LogP contribution in [0.3, 0.4) is 0 Å². The van der Waals surface area contributed by atoms with Crippen LogP contribution in [0.15, 0.2) is 42.6 Å². The lowest BCUT2D eigenvalue weighted by molar-refractivity contribution is 0.480. The maximum absolute atomic E-state index is 5.90. The first kappa shape index (κ1) is 10.8. The number of hydrogen-bond donors (Lipinski definition) is 1. The second kappa shape index (κ2) is 4.18. The Morgan fingerprint density at radius 3 is 2.56 bits per heavy atom. The molecule has 18 heavy (non-hydrogen) atoms. The Morgan fingerprint density at radius 2 is 1.78 bits per heavy atom. The number of aromatic amines is 1. The van der Waals surface area contributed by atoms with Gasteiger partial charge in [0.15, 0.2) is 0 Å². The van der Waals surface area contributed by atoms with Gasteiger partial charge in [0, 0.05) is 10.9 Å². The fourth-order valence-corrected chi connectivity index (χ4v) is 1.98. The first-order valence-corrected chi connectivity index (χ1v) is 5.91. The third kappa shape index (κ3) is 1.84. The molecule has 1 N–H and O–H groups in total. The van der Waals surface area contributed by atoms with Crippen LogP contribution in [-0.2, 0) is 0 Å². The number of nitrogens with one attached hydrogen (secondary N) is 1. The fourth-order valence-electron chi connectivity index (χ4n) is 1.98. The molecule has 0 amide bonds. The van der Waals surface area contributed by atoms with Gasteiger partial charge in [0.2, 0.25) is 0 Å². The second-order valence-electron chi connectivity index (χ2n) is 4.44. The molecule has 0 saturated heterocycles. The Hall–Kier alpha value is -2.29. The molecule has 3 heteroatoms. The number of ether oxygens (including phenoxy) is 1. The molecule has 0 bridgehead atoms.